The van der Waals surface area contributed by atoms with Crippen LogP contribution in [0.25, 0.3) is 0 Å². The molecule has 1 N–H and O–H groups in total. The predicted octanol–water partition coefficient (Wildman–Crippen LogP) is 2.90. The number of likely N-dealkylation sites (N-methyl/N-ethyl adjacent to an activating group) is 1. The fourth-order valence-corrected chi connectivity index (χ4v) is 2.62. The van der Waals surface area contributed by atoms with E-state index in [0.717, 1.165) is 13.0 Å². The van der Waals surface area contributed by atoms with Crippen molar-refractivity contribution in [3.05, 3.63) is 28.8 Å². The van der Waals surface area contributed by atoms with Crippen molar-refractivity contribution in [3.8, 4) is 5.75 Å². The van der Waals surface area contributed by atoms with Gasteiger partial charge in [0.25, 0.3) is 0 Å². The van der Waals surface area contributed by atoms with Crippen LogP contribution in [0.5, 0.6) is 5.75 Å². The summed E-state index contributed by atoms with van der Waals surface area (Å²) >= 11 is 5.90. The normalized spacial score (nSPS) is 20.2. The summed E-state index contributed by atoms with van der Waals surface area (Å²) in [5.41, 5.74) is 0.0441. The van der Waals surface area contributed by atoms with Crippen molar-refractivity contribution in [1.82, 2.24) is 4.90 Å². The van der Waals surface area contributed by atoms with Crippen LogP contribution in [0.3, 0.4) is 0 Å². The monoisotopic (exact) mass is 283 g/mol. The van der Waals surface area contributed by atoms with Gasteiger partial charge in [-0.15, -0.1) is 0 Å². The number of carbonyl (C=O) groups is 1. The zero-order valence-electron chi connectivity index (χ0n) is 10.9. The number of halogens is 1. The van der Waals surface area contributed by atoms with Gasteiger partial charge in [-0.1, -0.05) is 24.1 Å². The number of carboxylic acids is 1. The van der Waals surface area contributed by atoms with Crippen LogP contribution in [-0.4, -0.2) is 42.2 Å². The summed E-state index contributed by atoms with van der Waals surface area (Å²) in [5, 5.41) is 9.37. The molecular formula is C14H18ClNO3. The first-order valence-electron chi connectivity index (χ1n) is 6.44. The van der Waals surface area contributed by atoms with E-state index in [9.17, 15) is 4.79 Å². The molecule has 1 atom stereocenters. The fraction of sp³-hybridized carbons (Fsp3) is 0.500. The molecule has 1 aliphatic heterocycles. The molecule has 1 aromatic rings. The molecule has 104 valence electrons. The summed E-state index contributed by atoms with van der Waals surface area (Å²) < 4.78 is 5.68. The van der Waals surface area contributed by atoms with Crippen LogP contribution in [0.2, 0.25) is 5.02 Å². The summed E-state index contributed by atoms with van der Waals surface area (Å²) in [7, 11) is 2.07. The molecule has 1 unspecified atom stereocenters. The zero-order chi connectivity index (χ0) is 13.8. The molecule has 1 aliphatic rings. The summed E-state index contributed by atoms with van der Waals surface area (Å²) in [6.45, 7) is 1.56. The zero-order valence-corrected chi connectivity index (χ0v) is 11.7. The number of hydrogen-bond acceptors (Lipinski definition) is 3. The average Bonchev–Trinajstić information content (AvgIpc) is 2.37. The molecule has 1 heterocycles. The highest BCUT2D eigenvalue weighted by molar-refractivity contribution is 6.33. The number of rotatable bonds is 4. The third-order valence-corrected chi connectivity index (χ3v) is 3.86. The van der Waals surface area contributed by atoms with E-state index in [-0.39, 0.29) is 10.6 Å². The molecule has 1 saturated heterocycles. The molecular weight excluding hydrogens is 266 g/mol. The van der Waals surface area contributed by atoms with Crippen molar-refractivity contribution in [1.29, 1.82) is 0 Å². The Balaban J connectivity index is 2.07. The quantitative estimate of drug-likeness (QED) is 0.923. The van der Waals surface area contributed by atoms with Crippen LogP contribution < -0.4 is 4.74 Å². The number of carboxylic acid groups (broad SMARTS) is 1. The lowest BCUT2D eigenvalue weighted by atomic mass is 10.0. The van der Waals surface area contributed by atoms with Gasteiger partial charge in [-0.2, -0.15) is 0 Å². The molecule has 1 fully saturated rings. The SMILES string of the molecule is CN1CCCCC1COc1cccc(Cl)c1C(=O)O. The number of benzene rings is 1. The van der Waals surface area contributed by atoms with E-state index < -0.39 is 5.97 Å². The topological polar surface area (TPSA) is 49.8 Å². The maximum atomic E-state index is 11.2. The Morgan fingerprint density at radius 1 is 1.53 bits per heavy atom. The molecule has 1 aromatic carbocycles. The lowest BCUT2D eigenvalue weighted by molar-refractivity contribution is 0.0688. The van der Waals surface area contributed by atoms with Crippen molar-refractivity contribution < 1.29 is 14.6 Å². The third-order valence-electron chi connectivity index (χ3n) is 3.54. The summed E-state index contributed by atoms with van der Waals surface area (Å²) in [5.74, 6) is -0.712. The van der Waals surface area contributed by atoms with Crippen LogP contribution in [0.4, 0.5) is 0 Å². The van der Waals surface area contributed by atoms with E-state index in [2.05, 4.69) is 11.9 Å². The second-order valence-corrected chi connectivity index (χ2v) is 5.27. The largest absolute Gasteiger partial charge is 0.491 e. The van der Waals surface area contributed by atoms with Gasteiger partial charge in [-0.3, -0.25) is 0 Å². The maximum Gasteiger partial charge on any atom is 0.341 e. The first-order chi connectivity index (χ1) is 9.09. The Morgan fingerprint density at radius 3 is 3.00 bits per heavy atom. The highest BCUT2D eigenvalue weighted by Crippen LogP contribution is 2.27. The Bertz CT molecular complexity index is 464. The molecule has 19 heavy (non-hydrogen) atoms. The third kappa shape index (κ3) is 3.39. The number of piperidine rings is 1. The van der Waals surface area contributed by atoms with Crippen molar-refractivity contribution in [2.75, 3.05) is 20.2 Å². The van der Waals surface area contributed by atoms with Gasteiger partial charge in [0.1, 0.15) is 17.9 Å². The summed E-state index contributed by atoms with van der Waals surface area (Å²) in [6, 6.07) is 5.26. The molecule has 5 heteroatoms. The van der Waals surface area contributed by atoms with E-state index in [0.29, 0.717) is 18.4 Å². The summed E-state index contributed by atoms with van der Waals surface area (Å²) in [4.78, 5) is 13.4. The van der Waals surface area contributed by atoms with Gasteiger partial charge in [-0.05, 0) is 38.6 Å². The van der Waals surface area contributed by atoms with Crippen molar-refractivity contribution >= 4 is 17.6 Å². The Hall–Kier alpha value is -1.26. The minimum absolute atomic E-state index is 0.0441. The van der Waals surface area contributed by atoms with E-state index in [4.69, 9.17) is 21.4 Å². The smallest absolute Gasteiger partial charge is 0.341 e. The molecule has 0 amide bonds. The second kappa shape index (κ2) is 6.26. The molecule has 2 rings (SSSR count). The molecule has 0 aliphatic carbocycles. The Kier molecular flexibility index (Phi) is 4.66. The number of aromatic carboxylic acids is 1. The molecule has 0 radical (unpaired) electrons. The van der Waals surface area contributed by atoms with Crippen LogP contribution in [-0.2, 0) is 0 Å². The van der Waals surface area contributed by atoms with E-state index in [1.165, 1.54) is 12.8 Å². The lowest BCUT2D eigenvalue weighted by Crippen LogP contribution is -2.40. The van der Waals surface area contributed by atoms with Gasteiger partial charge in [0.2, 0.25) is 0 Å². The van der Waals surface area contributed by atoms with Crippen LogP contribution >= 0.6 is 11.6 Å². The minimum atomic E-state index is -1.06. The lowest BCUT2D eigenvalue weighted by Gasteiger charge is -2.32. The van der Waals surface area contributed by atoms with Crippen molar-refractivity contribution in [2.45, 2.75) is 25.3 Å². The Labute approximate surface area is 117 Å². The van der Waals surface area contributed by atoms with Gasteiger partial charge >= 0.3 is 5.97 Å². The van der Waals surface area contributed by atoms with Crippen LogP contribution in [0.1, 0.15) is 29.6 Å². The van der Waals surface area contributed by atoms with Gasteiger partial charge in [0, 0.05) is 6.04 Å². The molecule has 0 spiro atoms. The second-order valence-electron chi connectivity index (χ2n) is 4.86. The maximum absolute atomic E-state index is 11.2. The number of ether oxygens (including phenoxy) is 1. The van der Waals surface area contributed by atoms with Crippen molar-refractivity contribution in [3.63, 3.8) is 0 Å². The van der Waals surface area contributed by atoms with E-state index in [1.807, 2.05) is 0 Å². The standard InChI is InChI=1S/C14H18ClNO3/c1-16-8-3-2-5-10(16)9-19-12-7-4-6-11(15)13(12)14(17)18/h4,6-7,10H,2-3,5,8-9H2,1H3,(H,17,18). The highest BCUT2D eigenvalue weighted by Gasteiger charge is 2.21. The van der Waals surface area contributed by atoms with Gasteiger partial charge in [-0.25, -0.2) is 4.79 Å². The molecule has 0 bridgehead atoms. The summed E-state index contributed by atoms with van der Waals surface area (Å²) in [6.07, 6.45) is 3.49. The predicted molar refractivity (Wildman–Crippen MR) is 74.2 cm³/mol. The number of nitrogens with zero attached hydrogens (tertiary/aromatic N) is 1. The van der Waals surface area contributed by atoms with Gasteiger partial charge < -0.3 is 14.7 Å². The first-order valence-corrected chi connectivity index (χ1v) is 6.82. The van der Waals surface area contributed by atoms with Gasteiger partial charge in [0.15, 0.2) is 0 Å². The molecule has 4 nitrogen and oxygen atoms in total. The first kappa shape index (κ1) is 14.2. The van der Waals surface area contributed by atoms with Crippen LogP contribution in [0, 0.1) is 0 Å². The average molecular weight is 284 g/mol. The van der Waals surface area contributed by atoms with Crippen molar-refractivity contribution in [2.24, 2.45) is 0 Å². The molecule has 0 aromatic heterocycles. The molecule has 0 saturated carbocycles. The number of hydrogen-bond donors (Lipinski definition) is 1. The van der Waals surface area contributed by atoms with Crippen LogP contribution in [0.15, 0.2) is 18.2 Å². The fourth-order valence-electron chi connectivity index (χ4n) is 2.37. The highest BCUT2D eigenvalue weighted by atomic mass is 35.5. The number of likely N-dealkylation sites (tertiary alicyclic amines) is 1. The van der Waals surface area contributed by atoms with E-state index in [1.54, 1.807) is 18.2 Å². The minimum Gasteiger partial charge on any atom is -0.491 e. The van der Waals surface area contributed by atoms with E-state index >= 15 is 0 Å². The van der Waals surface area contributed by atoms with Gasteiger partial charge in [0.05, 0.1) is 5.02 Å². The Morgan fingerprint density at radius 2 is 2.32 bits per heavy atom.